The van der Waals surface area contributed by atoms with Crippen LogP contribution >= 0.6 is 0 Å². The van der Waals surface area contributed by atoms with E-state index in [0.29, 0.717) is 12.2 Å². The number of nitrogens with one attached hydrogen (secondary N) is 1. The van der Waals surface area contributed by atoms with Crippen molar-refractivity contribution in [1.29, 1.82) is 0 Å². The van der Waals surface area contributed by atoms with Gasteiger partial charge in [0.2, 0.25) is 0 Å². The van der Waals surface area contributed by atoms with E-state index in [9.17, 15) is 4.79 Å². The first kappa shape index (κ1) is 16.0. The molecule has 0 bridgehead atoms. The van der Waals surface area contributed by atoms with Crippen molar-refractivity contribution in [2.75, 3.05) is 13.2 Å². The zero-order valence-electron chi connectivity index (χ0n) is 12.9. The van der Waals surface area contributed by atoms with Gasteiger partial charge < -0.3 is 15.2 Å². The van der Waals surface area contributed by atoms with E-state index in [2.05, 4.69) is 5.32 Å². The number of benzene rings is 2. The van der Waals surface area contributed by atoms with Crippen LogP contribution in [0.2, 0.25) is 0 Å². The van der Waals surface area contributed by atoms with Crippen LogP contribution in [0.25, 0.3) is 11.1 Å². The molecule has 0 aromatic heterocycles. The maximum atomic E-state index is 12.2. The fraction of sp³-hybridized carbons (Fsp3) is 0.278. The summed E-state index contributed by atoms with van der Waals surface area (Å²) in [6, 6.07) is 14.9. The third-order valence-corrected chi connectivity index (χ3v) is 3.27. The van der Waals surface area contributed by atoms with Crippen LogP contribution in [0.1, 0.15) is 24.2 Å². The minimum Gasteiger partial charge on any atom is -0.493 e. The highest BCUT2D eigenvalue weighted by Crippen LogP contribution is 2.30. The van der Waals surface area contributed by atoms with Crippen molar-refractivity contribution in [3.8, 4) is 16.9 Å². The van der Waals surface area contributed by atoms with Gasteiger partial charge in [-0.2, -0.15) is 0 Å². The summed E-state index contributed by atoms with van der Waals surface area (Å²) in [6.07, 6.45) is 0. The van der Waals surface area contributed by atoms with Gasteiger partial charge in [-0.05, 0) is 37.6 Å². The molecule has 0 spiro atoms. The Balaban J connectivity index is 2.31. The lowest BCUT2D eigenvalue weighted by Crippen LogP contribution is -2.34. The van der Waals surface area contributed by atoms with Gasteiger partial charge in [-0.3, -0.25) is 4.79 Å². The monoisotopic (exact) mass is 299 g/mol. The van der Waals surface area contributed by atoms with Crippen LogP contribution in [0.5, 0.6) is 5.75 Å². The molecule has 0 fully saturated rings. The second-order valence-corrected chi connectivity index (χ2v) is 5.07. The van der Waals surface area contributed by atoms with E-state index in [0.717, 1.165) is 16.9 Å². The van der Waals surface area contributed by atoms with Gasteiger partial charge in [0.05, 0.1) is 13.2 Å². The zero-order chi connectivity index (χ0) is 15.9. The number of aliphatic hydroxyl groups excluding tert-OH is 1. The number of hydrogen-bond acceptors (Lipinski definition) is 3. The van der Waals surface area contributed by atoms with Gasteiger partial charge in [0.15, 0.2) is 0 Å². The molecule has 2 N–H and O–H groups in total. The number of hydrogen-bond donors (Lipinski definition) is 2. The van der Waals surface area contributed by atoms with E-state index in [1.807, 2.05) is 49.4 Å². The van der Waals surface area contributed by atoms with Gasteiger partial charge >= 0.3 is 0 Å². The minimum absolute atomic E-state index is 0.0847. The number of ether oxygens (including phenoxy) is 1. The highest BCUT2D eigenvalue weighted by atomic mass is 16.5. The summed E-state index contributed by atoms with van der Waals surface area (Å²) in [5.74, 6) is 0.601. The fourth-order valence-electron chi connectivity index (χ4n) is 2.17. The second kappa shape index (κ2) is 7.61. The lowest BCUT2D eigenvalue weighted by Gasteiger charge is -2.13. The van der Waals surface area contributed by atoms with E-state index in [-0.39, 0.29) is 18.6 Å². The highest BCUT2D eigenvalue weighted by Gasteiger charge is 2.11. The van der Waals surface area contributed by atoms with Crippen molar-refractivity contribution >= 4 is 5.91 Å². The largest absolute Gasteiger partial charge is 0.493 e. The number of rotatable bonds is 6. The van der Waals surface area contributed by atoms with Gasteiger partial charge in [-0.1, -0.05) is 30.3 Å². The summed E-state index contributed by atoms with van der Waals surface area (Å²) in [6.45, 7) is 4.20. The fourth-order valence-corrected chi connectivity index (χ4v) is 2.17. The Morgan fingerprint density at radius 1 is 1.23 bits per heavy atom. The Hall–Kier alpha value is -2.33. The first-order valence-corrected chi connectivity index (χ1v) is 7.39. The first-order valence-electron chi connectivity index (χ1n) is 7.39. The topological polar surface area (TPSA) is 58.6 Å². The Morgan fingerprint density at radius 3 is 2.73 bits per heavy atom. The molecule has 22 heavy (non-hydrogen) atoms. The van der Waals surface area contributed by atoms with Gasteiger partial charge in [0, 0.05) is 17.2 Å². The third-order valence-electron chi connectivity index (χ3n) is 3.27. The third kappa shape index (κ3) is 3.86. The molecule has 0 aliphatic carbocycles. The summed E-state index contributed by atoms with van der Waals surface area (Å²) in [5, 5.41) is 11.8. The summed E-state index contributed by atoms with van der Waals surface area (Å²) < 4.78 is 5.64. The van der Waals surface area contributed by atoms with Crippen molar-refractivity contribution in [3.05, 3.63) is 54.1 Å². The molecule has 0 radical (unpaired) electrons. The lowest BCUT2D eigenvalue weighted by atomic mass is 10.0. The Kier molecular flexibility index (Phi) is 5.55. The Bertz CT molecular complexity index is 640. The maximum Gasteiger partial charge on any atom is 0.251 e. The normalized spacial score (nSPS) is 11.8. The second-order valence-electron chi connectivity index (χ2n) is 5.07. The van der Waals surface area contributed by atoms with E-state index in [1.165, 1.54) is 0 Å². The molecule has 0 heterocycles. The average molecular weight is 299 g/mol. The Morgan fingerprint density at radius 2 is 2.00 bits per heavy atom. The minimum atomic E-state index is -0.271. The average Bonchev–Trinajstić information content (AvgIpc) is 2.55. The van der Waals surface area contributed by atoms with Gasteiger partial charge in [-0.25, -0.2) is 0 Å². The molecule has 1 amide bonds. The maximum absolute atomic E-state index is 12.2. The molecule has 0 aliphatic rings. The molecular weight excluding hydrogens is 278 g/mol. The molecule has 0 saturated heterocycles. The van der Waals surface area contributed by atoms with Crippen LogP contribution in [-0.4, -0.2) is 30.3 Å². The standard InChI is InChI=1S/C18H21NO3/c1-3-22-17-10-5-4-9-16(17)14-7-6-8-15(11-14)18(21)19-13(2)12-20/h4-11,13,20H,3,12H2,1-2H3,(H,19,21). The van der Waals surface area contributed by atoms with Crippen molar-refractivity contribution in [2.24, 2.45) is 0 Å². The Labute approximate surface area is 130 Å². The van der Waals surface area contributed by atoms with E-state index in [1.54, 1.807) is 13.0 Å². The number of aliphatic hydroxyl groups is 1. The number of carbonyl (C=O) groups is 1. The SMILES string of the molecule is CCOc1ccccc1-c1cccc(C(=O)NC(C)CO)c1. The summed E-state index contributed by atoms with van der Waals surface area (Å²) in [4.78, 5) is 12.2. The molecule has 0 saturated carbocycles. The highest BCUT2D eigenvalue weighted by molar-refractivity contribution is 5.95. The molecule has 2 aromatic carbocycles. The summed E-state index contributed by atoms with van der Waals surface area (Å²) in [7, 11) is 0. The zero-order valence-corrected chi connectivity index (χ0v) is 12.9. The molecule has 4 nitrogen and oxygen atoms in total. The number of amides is 1. The summed E-state index contributed by atoms with van der Waals surface area (Å²) >= 11 is 0. The van der Waals surface area contributed by atoms with Crippen LogP contribution in [0.4, 0.5) is 0 Å². The van der Waals surface area contributed by atoms with Crippen molar-refractivity contribution in [2.45, 2.75) is 19.9 Å². The van der Waals surface area contributed by atoms with Gasteiger partial charge in [0.1, 0.15) is 5.75 Å². The van der Waals surface area contributed by atoms with Crippen molar-refractivity contribution in [3.63, 3.8) is 0 Å². The molecule has 2 aromatic rings. The summed E-state index contributed by atoms with van der Waals surface area (Å²) in [5.41, 5.74) is 2.44. The van der Waals surface area contributed by atoms with Gasteiger partial charge in [0.25, 0.3) is 5.91 Å². The molecule has 116 valence electrons. The predicted molar refractivity (Wildman–Crippen MR) is 87.1 cm³/mol. The van der Waals surface area contributed by atoms with Crippen LogP contribution in [0.15, 0.2) is 48.5 Å². The van der Waals surface area contributed by atoms with E-state index < -0.39 is 0 Å². The molecule has 1 atom stereocenters. The molecule has 4 heteroatoms. The molecule has 2 rings (SSSR count). The van der Waals surface area contributed by atoms with E-state index in [4.69, 9.17) is 9.84 Å². The van der Waals surface area contributed by atoms with Crippen LogP contribution in [0.3, 0.4) is 0 Å². The smallest absolute Gasteiger partial charge is 0.251 e. The first-order chi connectivity index (χ1) is 10.7. The number of carbonyl (C=O) groups excluding carboxylic acids is 1. The van der Waals surface area contributed by atoms with Crippen molar-refractivity contribution < 1.29 is 14.6 Å². The van der Waals surface area contributed by atoms with Gasteiger partial charge in [-0.15, -0.1) is 0 Å². The quantitative estimate of drug-likeness (QED) is 0.862. The predicted octanol–water partition coefficient (Wildman–Crippen LogP) is 2.86. The molecule has 0 aliphatic heterocycles. The number of para-hydroxylation sites is 1. The van der Waals surface area contributed by atoms with E-state index >= 15 is 0 Å². The molecule has 1 unspecified atom stereocenters. The van der Waals surface area contributed by atoms with Crippen LogP contribution < -0.4 is 10.1 Å². The van der Waals surface area contributed by atoms with Crippen molar-refractivity contribution in [1.82, 2.24) is 5.32 Å². The van der Waals surface area contributed by atoms with Crippen LogP contribution in [0, 0.1) is 0 Å². The lowest BCUT2D eigenvalue weighted by molar-refractivity contribution is 0.0922. The van der Waals surface area contributed by atoms with Crippen LogP contribution in [-0.2, 0) is 0 Å². The molecular formula is C18H21NO3.